The van der Waals surface area contributed by atoms with Gasteiger partial charge in [0.25, 0.3) is 0 Å². The zero-order valence-corrected chi connectivity index (χ0v) is 10.7. The molecule has 0 aliphatic heterocycles. The molecule has 0 fully saturated rings. The van der Waals surface area contributed by atoms with Crippen LogP contribution in [0.1, 0.15) is 10.4 Å². The molecule has 1 aromatic heterocycles. The van der Waals surface area contributed by atoms with Crippen molar-refractivity contribution in [2.75, 3.05) is 12.8 Å². The molecular weight excluding hydrogens is 319 g/mol. The molecule has 5 heteroatoms. The standard InChI is InChI=1S/C11H9IN2O2/c1-16-11(15)7-5-14-10-6(9(7)13)3-2-4-8(10)12/h2-5H,1H3,(H2,13,14). The van der Waals surface area contributed by atoms with E-state index in [0.29, 0.717) is 11.3 Å². The number of esters is 1. The largest absolute Gasteiger partial charge is 0.465 e. The number of nitrogen functional groups attached to an aromatic ring is 1. The third-order valence-electron chi connectivity index (χ3n) is 2.30. The molecule has 2 N–H and O–H groups in total. The van der Waals surface area contributed by atoms with E-state index in [-0.39, 0.29) is 0 Å². The Morgan fingerprint density at radius 1 is 1.50 bits per heavy atom. The van der Waals surface area contributed by atoms with E-state index in [1.165, 1.54) is 13.3 Å². The van der Waals surface area contributed by atoms with Gasteiger partial charge < -0.3 is 10.5 Å². The number of carbonyl (C=O) groups is 1. The molecule has 0 bridgehead atoms. The number of ether oxygens (including phenoxy) is 1. The van der Waals surface area contributed by atoms with Crippen molar-refractivity contribution in [2.24, 2.45) is 0 Å². The van der Waals surface area contributed by atoms with Crippen molar-refractivity contribution >= 4 is 45.2 Å². The number of hydrogen-bond acceptors (Lipinski definition) is 4. The van der Waals surface area contributed by atoms with Gasteiger partial charge in [-0.15, -0.1) is 0 Å². The number of carbonyl (C=O) groups excluding carboxylic acids is 1. The van der Waals surface area contributed by atoms with E-state index < -0.39 is 5.97 Å². The number of pyridine rings is 1. The van der Waals surface area contributed by atoms with Crippen LogP contribution in [0.25, 0.3) is 10.9 Å². The molecule has 0 radical (unpaired) electrons. The number of nitrogens with zero attached hydrogens (tertiary/aromatic N) is 1. The van der Waals surface area contributed by atoms with Crippen LogP contribution in [0.3, 0.4) is 0 Å². The minimum Gasteiger partial charge on any atom is -0.465 e. The number of nitrogens with two attached hydrogens (primary N) is 1. The third-order valence-corrected chi connectivity index (χ3v) is 3.17. The fraction of sp³-hybridized carbons (Fsp3) is 0.0909. The molecule has 1 heterocycles. The molecule has 16 heavy (non-hydrogen) atoms. The van der Waals surface area contributed by atoms with Crippen molar-refractivity contribution in [3.8, 4) is 0 Å². The zero-order chi connectivity index (χ0) is 11.7. The van der Waals surface area contributed by atoms with Crippen LogP contribution in [0.2, 0.25) is 0 Å². The summed E-state index contributed by atoms with van der Waals surface area (Å²) in [5.41, 5.74) is 7.43. The van der Waals surface area contributed by atoms with Crippen LogP contribution in [0.4, 0.5) is 5.69 Å². The van der Waals surface area contributed by atoms with Crippen molar-refractivity contribution in [1.29, 1.82) is 0 Å². The molecular formula is C11H9IN2O2. The maximum Gasteiger partial charge on any atom is 0.341 e. The predicted octanol–water partition coefficient (Wildman–Crippen LogP) is 2.21. The van der Waals surface area contributed by atoms with E-state index >= 15 is 0 Å². The van der Waals surface area contributed by atoms with Crippen molar-refractivity contribution in [2.45, 2.75) is 0 Å². The van der Waals surface area contributed by atoms with E-state index in [4.69, 9.17) is 5.73 Å². The Labute approximate surface area is 106 Å². The number of rotatable bonds is 1. The first-order valence-electron chi connectivity index (χ1n) is 4.56. The number of aromatic nitrogens is 1. The molecule has 0 unspecified atom stereocenters. The smallest absolute Gasteiger partial charge is 0.341 e. The number of halogens is 1. The van der Waals surface area contributed by atoms with Gasteiger partial charge >= 0.3 is 5.97 Å². The van der Waals surface area contributed by atoms with Gasteiger partial charge in [-0.05, 0) is 28.7 Å². The number of fused-ring (bicyclic) bond motifs is 1. The third kappa shape index (κ3) is 1.71. The summed E-state index contributed by atoms with van der Waals surface area (Å²) in [4.78, 5) is 15.6. The van der Waals surface area contributed by atoms with E-state index in [2.05, 4.69) is 32.3 Å². The molecule has 1 aromatic carbocycles. The average molecular weight is 328 g/mol. The molecule has 0 spiro atoms. The molecule has 0 aliphatic carbocycles. The van der Waals surface area contributed by atoms with Gasteiger partial charge in [-0.2, -0.15) is 0 Å². The van der Waals surface area contributed by atoms with Crippen LogP contribution in [-0.2, 0) is 4.74 Å². The fourth-order valence-electron chi connectivity index (χ4n) is 1.48. The minimum absolute atomic E-state index is 0.303. The maximum atomic E-state index is 11.4. The average Bonchev–Trinajstić information content (AvgIpc) is 2.30. The lowest BCUT2D eigenvalue weighted by Gasteiger charge is -2.07. The summed E-state index contributed by atoms with van der Waals surface area (Å²) in [5.74, 6) is -0.467. The van der Waals surface area contributed by atoms with Crippen molar-refractivity contribution in [3.05, 3.63) is 33.5 Å². The molecule has 2 rings (SSSR count). The summed E-state index contributed by atoms with van der Waals surface area (Å²) >= 11 is 2.18. The molecule has 0 saturated carbocycles. The van der Waals surface area contributed by atoms with E-state index in [1.807, 2.05) is 18.2 Å². The van der Waals surface area contributed by atoms with Gasteiger partial charge in [-0.25, -0.2) is 4.79 Å². The van der Waals surface area contributed by atoms with E-state index in [9.17, 15) is 4.79 Å². The van der Waals surface area contributed by atoms with Crippen LogP contribution >= 0.6 is 22.6 Å². The Bertz CT molecular complexity index is 569. The monoisotopic (exact) mass is 328 g/mol. The lowest BCUT2D eigenvalue weighted by atomic mass is 10.1. The summed E-state index contributed by atoms with van der Waals surface area (Å²) in [6.45, 7) is 0. The molecule has 82 valence electrons. The Hall–Kier alpha value is -1.37. The minimum atomic E-state index is -0.467. The SMILES string of the molecule is COC(=O)c1cnc2c(I)cccc2c1N. The second kappa shape index (κ2) is 4.25. The summed E-state index contributed by atoms with van der Waals surface area (Å²) < 4.78 is 5.63. The normalized spacial score (nSPS) is 10.4. The Morgan fingerprint density at radius 2 is 2.25 bits per heavy atom. The number of hydrogen-bond donors (Lipinski definition) is 1. The predicted molar refractivity (Wildman–Crippen MR) is 70.2 cm³/mol. The summed E-state index contributed by atoms with van der Waals surface area (Å²) in [7, 11) is 1.32. The first-order valence-corrected chi connectivity index (χ1v) is 5.64. The molecule has 2 aromatic rings. The van der Waals surface area contributed by atoms with Crippen molar-refractivity contribution in [1.82, 2.24) is 4.98 Å². The highest BCUT2D eigenvalue weighted by atomic mass is 127. The maximum absolute atomic E-state index is 11.4. The van der Waals surface area contributed by atoms with Gasteiger partial charge in [-0.3, -0.25) is 4.98 Å². The highest BCUT2D eigenvalue weighted by molar-refractivity contribution is 14.1. The van der Waals surface area contributed by atoms with Gasteiger partial charge in [0.05, 0.1) is 18.3 Å². The first-order chi connectivity index (χ1) is 7.65. The Morgan fingerprint density at radius 3 is 2.94 bits per heavy atom. The van der Waals surface area contributed by atoms with E-state index in [1.54, 1.807) is 0 Å². The number of anilines is 1. The van der Waals surface area contributed by atoms with Gasteiger partial charge in [0.15, 0.2) is 0 Å². The summed E-state index contributed by atoms with van der Waals surface area (Å²) in [6.07, 6.45) is 1.45. The van der Waals surface area contributed by atoms with Gasteiger partial charge in [0, 0.05) is 15.2 Å². The van der Waals surface area contributed by atoms with Crippen LogP contribution in [0, 0.1) is 3.57 Å². The fourth-order valence-corrected chi connectivity index (χ4v) is 2.12. The zero-order valence-electron chi connectivity index (χ0n) is 8.53. The molecule has 4 nitrogen and oxygen atoms in total. The summed E-state index contributed by atoms with van der Waals surface area (Å²) in [6, 6.07) is 5.66. The lowest BCUT2D eigenvalue weighted by Crippen LogP contribution is -2.07. The second-order valence-corrected chi connectivity index (χ2v) is 4.38. The highest BCUT2D eigenvalue weighted by Gasteiger charge is 2.14. The number of methoxy groups -OCH3 is 1. The van der Waals surface area contributed by atoms with E-state index in [0.717, 1.165) is 14.5 Å². The molecule has 0 atom stereocenters. The highest BCUT2D eigenvalue weighted by Crippen LogP contribution is 2.26. The van der Waals surface area contributed by atoms with Crippen LogP contribution in [-0.4, -0.2) is 18.1 Å². The van der Waals surface area contributed by atoms with Crippen molar-refractivity contribution in [3.63, 3.8) is 0 Å². The second-order valence-electron chi connectivity index (χ2n) is 3.21. The van der Waals surface area contributed by atoms with Crippen LogP contribution < -0.4 is 5.73 Å². The van der Waals surface area contributed by atoms with Gasteiger partial charge in [0.1, 0.15) is 5.56 Å². The van der Waals surface area contributed by atoms with Gasteiger partial charge in [-0.1, -0.05) is 12.1 Å². The topological polar surface area (TPSA) is 65.2 Å². The lowest BCUT2D eigenvalue weighted by molar-refractivity contribution is 0.0601. The number of para-hydroxylation sites is 1. The van der Waals surface area contributed by atoms with Crippen LogP contribution in [0.5, 0.6) is 0 Å². The van der Waals surface area contributed by atoms with Gasteiger partial charge in [0.2, 0.25) is 0 Å². The first kappa shape index (κ1) is 11.1. The van der Waals surface area contributed by atoms with Crippen LogP contribution in [0.15, 0.2) is 24.4 Å². The quantitative estimate of drug-likeness (QED) is 0.644. The Balaban J connectivity index is 2.75. The van der Waals surface area contributed by atoms with Crippen molar-refractivity contribution < 1.29 is 9.53 Å². The summed E-state index contributed by atoms with van der Waals surface area (Å²) in [5, 5.41) is 0.773. The number of benzene rings is 1. The molecule has 0 saturated heterocycles. The Kier molecular flexibility index (Phi) is 2.95. The molecule has 0 aliphatic rings. The molecule has 0 amide bonds.